The molecule has 1 aliphatic rings. The van der Waals surface area contributed by atoms with Gasteiger partial charge in [0.05, 0.1) is 10.9 Å². The summed E-state index contributed by atoms with van der Waals surface area (Å²) in [5, 5.41) is 0. The van der Waals surface area contributed by atoms with E-state index in [1.54, 1.807) is 24.5 Å². The maximum Gasteiger partial charge on any atom is 0.254 e. The molecular weight excluding hydrogens is 350 g/mol. The van der Waals surface area contributed by atoms with E-state index in [0.29, 0.717) is 12.1 Å². The number of pyridine rings is 1. The van der Waals surface area contributed by atoms with Gasteiger partial charge in [-0.15, -0.1) is 0 Å². The highest BCUT2D eigenvalue weighted by Gasteiger charge is 2.27. The highest BCUT2D eigenvalue weighted by molar-refractivity contribution is 7.89. The average molecular weight is 373 g/mol. The second-order valence-electron chi connectivity index (χ2n) is 6.38. The number of hydrogen-bond donors (Lipinski definition) is 1. The molecule has 0 bridgehead atoms. The van der Waals surface area contributed by atoms with Crippen LogP contribution in [0.4, 0.5) is 0 Å². The lowest BCUT2D eigenvalue weighted by Crippen LogP contribution is -2.34. The highest BCUT2D eigenvalue weighted by atomic mass is 32.2. The molecule has 2 aromatic rings. The van der Waals surface area contributed by atoms with Gasteiger partial charge in [0.15, 0.2) is 0 Å². The number of hydrogen-bond acceptors (Lipinski definition) is 4. The molecule has 2 heterocycles. The Kier molecular flexibility index (Phi) is 5.68. The van der Waals surface area contributed by atoms with Crippen molar-refractivity contribution in [2.45, 2.75) is 36.6 Å². The summed E-state index contributed by atoms with van der Waals surface area (Å²) in [5.41, 5.74) is 1.59. The van der Waals surface area contributed by atoms with Crippen LogP contribution in [0.15, 0.2) is 53.7 Å². The Balaban J connectivity index is 1.88. The molecule has 1 N–H and O–H groups in total. The van der Waals surface area contributed by atoms with E-state index in [0.717, 1.165) is 31.2 Å². The summed E-state index contributed by atoms with van der Waals surface area (Å²) in [6.07, 6.45) is 7.57. The number of carbonyl (C=O) groups is 1. The van der Waals surface area contributed by atoms with Crippen LogP contribution in [0.2, 0.25) is 0 Å². The van der Waals surface area contributed by atoms with E-state index in [1.165, 1.54) is 19.2 Å². The van der Waals surface area contributed by atoms with Crippen LogP contribution in [0.3, 0.4) is 0 Å². The third kappa shape index (κ3) is 3.94. The van der Waals surface area contributed by atoms with Gasteiger partial charge in [0.25, 0.3) is 5.91 Å². The van der Waals surface area contributed by atoms with E-state index in [2.05, 4.69) is 9.71 Å². The summed E-state index contributed by atoms with van der Waals surface area (Å²) < 4.78 is 26.0. The van der Waals surface area contributed by atoms with Crippen molar-refractivity contribution in [3.8, 4) is 0 Å². The quantitative estimate of drug-likeness (QED) is 0.894. The number of sulfonamides is 1. The van der Waals surface area contributed by atoms with Gasteiger partial charge in [0.1, 0.15) is 0 Å². The summed E-state index contributed by atoms with van der Waals surface area (Å²) in [6, 6.07) is 10.0. The summed E-state index contributed by atoms with van der Waals surface area (Å²) in [4.78, 5) is 19.2. The van der Waals surface area contributed by atoms with E-state index < -0.39 is 10.0 Å². The van der Waals surface area contributed by atoms with Crippen LogP contribution in [0.25, 0.3) is 0 Å². The van der Waals surface area contributed by atoms with Crippen LogP contribution in [0, 0.1) is 0 Å². The number of benzene rings is 1. The fourth-order valence-electron chi connectivity index (χ4n) is 3.34. The molecule has 26 heavy (non-hydrogen) atoms. The van der Waals surface area contributed by atoms with E-state index in [-0.39, 0.29) is 16.8 Å². The van der Waals surface area contributed by atoms with Gasteiger partial charge >= 0.3 is 0 Å². The third-order valence-corrected chi connectivity index (χ3v) is 6.22. The van der Waals surface area contributed by atoms with Crippen LogP contribution in [-0.4, -0.2) is 37.8 Å². The Morgan fingerprint density at radius 2 is 1.77 bits per heavy atom. The Morgan fingerprint density at radius 1 is 1.08 bits per heavy atom. The number of carbonyl (C=O) groups excluding carboxylic acids is 1. The minimum atomic E-state index is -3.51. The zero-order valence-corrected chi connectivity index (χ0v) is 15.6. The normalized spacial score (nSPS) is 18.3. The smallest absolute Gasteiger partial charge is 0.254 e. The summed E-state index contributed by atoms with van der Waals surface area (Å²) in [5.74, 6) is -0.0675. The predicted molar refractivity (Wildman–Crippen MR) is 99.2 cm³/mol. The van der Waals surface area contributed by atoms with Gasteiger partial charge in [-0.05, 0) is 61.9 Å². The third-order valence-electron chi connectivity index (χ3n) is 4.78. The monoisotopic (exact) mass is 373 g/mol. The van der Waals surface area contributed by atoms with Gasteiger partial charge < -0.3 is 4.90 Å². The predicted octanol–water partition coefficient (Wildman–Crippen LogP) is 2.75. The van der Waals surface area contributed by atoms with E-state index >= 15 is 0 Å². The van der Waals surface area contributed by atoms with E-state index in [4.69, 9.17) is 0 Å². The lowest BCUT2D eigenvalue weighted by atomic mass is 10.0. The molecule has 0 spiro atoms. The zero-order valence-electron chi connectivity index (χ0n) is 14.8. The van der Waals surface area contributed by atoms with Crippen molar-refractivity contribution >= 4 is 15.9 Å². The van der Waals surface area contributed by atoms with Crippen molar-refractivity contribution in [1.29, 1.82) is 0 Å². The summed E-state index contributed by atoms with van der Waals surface area (Å²) in [7, 11) is -2.14. The molecule has 6 nitrogen and oxygen atoms in total. The molecule has 0 saturated carbocycles. The molecule has 1 atom stereocenters. The maximum atomic E-state index is 13.1. The first-order valence-electron chi connectivity index (χ1n) is 8.77. The molecule has 1 amide bonds. The maximum absolute atomic E-state index is 13.1. The topological polar surface area (TPSA) is 79.4 Å². The van der Waals surface area contributed by atoms with Crippen LogP contribution in [-0.2, 0) is 10.0 Å². The van der Waals surface area contributed by atoms with Crippen molar-refractivity contribution in [3.05, 3.63) is 59.9 Å². The molecule has 1 fully saturated rings. The number of amides is 1. The van der Waals surface area contributed by atoms with Crippen molar-refractivity contribution in [2.75, 3.05) is 13.6 Å². The number of nitrogens with one attached hydrogen (secondary N) is 1. The number of rotatable bonds is 4. The largest absolute Gasteiger partial charge is 0.332 e. The molecule has 1 saturated heterocycles. The molecule has 0 radical (unpaired) electrons. The second kappa shape index (κ2) is 7.97. The Hall–Kier alpha value is -2.25. The Morgan fingerprint density at radius 3 is 2.42 bits per heavy atom. The SMILES string of the molecule is CNS(=O)(=O)c1ccc(C(=O)N2CCCCCC2c2ccncc2)cc1. The van der Waals surface area contributed by atoms with Crippen molar-refractivity contribution in [1.82, 2.24) is 14.6 Å². The van der Waals surface area contributed by atoms with Gasteiger partial charge in [-0.3, -0.25) is 9.78 Å². The molecule has 1 unspecified atom stereocenters. The lowest BCUT2D eigenvalue weighted by molar-refractivity contribution is 0.0680. The van der Waals surface area contributed by atoms with E-state index in [1.807, 2.05) is 17.0 Å². The Labute approximate surface area is 154 Å². The minimum absolute atomic E-state index is 0.0220. The van der Waals surface area contributed by atoms with Gasteiger partial charge in [0, 0.05) is 24.5 Å². The first-order valence-corrected chi connectivity index (χ1v) is 10.3. The fraction of sp³-hybridized carbons (Fsp3) is 0.368. The van der Waals surface area contributed by atoms with Gasteiger partial charge in [0.2, 0.25) is 10.0 Å². The van der Waals surface area contributed by atoms with Crippen molar-refractivity contribution < 1.29 is 13.2 Å². The number of likely N-dealkylation sites (tertiary alicyclic amines) is 1. The molecule has 1 aromatic carbocycles. The van der Waals surface area contributed by atoms with Crippen molar-refractivity contribution in [2.24, 2.45) is 0 Å². The summed E-state index contributed by atoms with van der Waals surface area (Å²) in [6.45, 7) is 0.697. The number of nitrogens with zero attached hydrogens (tertiary/aromatic N) is 2. The van der Waals surface area contributed by atoms with Crippen LogP contribution in [0.1, 0.15) is 47.6 Å². The lowest BCUT2D eigenvalue weighted by Gasteiger charge is -2.30. The molecular formula is C19H23N3O3S. The molecule has 3 rings (SSSR count). The highest BCUT2D eigenvalue weighted by Crippen LogP contribution is 2.31. The minimum Gasteiger partial charge on any atom is -0.332 e. The Bertz CT molecular complexity index is 851. The second-order valence-corrected chi connectivity index (χ2v) is 8.26. The first kappa shape index (κ1) is 18.5. The van der Waals surface area contributed by atoms with Gasteiger partial charge in [-0.25, -0.2) is 13.1 Å². The van der Waals surface area contributed by atoms with Crippen LogP contribution >= 0.6 is 0 Å². The van der Waals surface area contributed by atoms with E-state index in [9.17, 15) is 13.2 Å². The van der Waals surface area contributed by atoms with Gasteiger partial charge in [-0.2, -0.15) is 0 Å². The molecule has 138 valence electrons. The molecule has 0 aliphatic carbocycles. The molecule has 1 aromatic heterocycles. The first-order chi connectivity index (χ1) is 12.5. The van der Waals surface area contributed by atoms with Crippen LogP contribution in [0.5, 0.6) is 0 Å². The zero-order chi connectivity index (χ0) is 18.6. The van der Waals surface area contributed by atoms with Crippen molar-refractivity contribution in [3.63, 3.8) is 0 Å². The molecule has 1 aliphatic heterocycles. The average Bonchev–Trinajstić information content (AvgIpc) is 2.94. The van der Waals surface area contributed by atoms with Crippen LogP contribution < -0.4 is 4.72 Å². The molecule has 7 heteroatoms. The summed E-state index contributed by atoms with van der Waals surface area (Å²) >= 11 is 0. The standard InChI is InChI=1S/C19H23N3O3S/c1-20-26(24,25)17-8-6-16(7-9-17)19(23)22-14-4-2-3-5-18(22)15-10-12-21-13-11-15/h6-13,18,20H,2-5,14H2,1H3. The fourth-order valence-corrected chi connectivity index (χ4v) is 4.07. The number of aromatic nitrogens is 1. The van der Waals surface area contributed by atoms with Gasteiger partial charge in [-0.1, -0.05) is 12.8 Å².